The van der Waals surface area contributed by atoms with Crippen molar-refractivity contribution in [2.24, 2.45) is 10.7 Å². The van der Waals surface area contributed by atoms with Crippen molar-refractivity contribution in [1.82, 2.24) is 5.32 Å². The predicted octanol–water partition coefficient (Wildman–Crippen LogP) is 0.697. The Morgan fingerprint density at radius 2 is 2.00 bits per heavy atom. The minimum absolute atomic E-state index is 0.189. The minimum Gasteiger partial charge on any atom is -0.425 e. The first-order valence-corrected chi connectivity index (χ1v) is 4.29. The van der Waals surface area contributed by atoms with Gasteiger partial charge in [-0.1, -0.05) is 18.2 Å². The van der Waals surface area contributed by atoms with Gasteiger partial charge in [-0.15, -0.1) is 0 Å². The number of hydrogen-bond donors (Lipinski definition) is 2. The first-order valence-electron chi connectivity index (χ1n) is 4.29. The molecule has 1 aromatic carbocycles. The third-order valence-electron chi connectivity index (χ3n) is 1.32. The number of aliphatic imine (C=N–C) groups is 1. The molecular formula is C10H14N4O. The molecule has 5 nitrogen and oxygen atoms in total. The quantitative estimate of drug-likeness (QED) is 0.306. The van der Waals surface area contributed by atoms with E-state index in [0.717, 1.165) is 0 Å². The molecule has 0 heterocycles. The van der Waals surface area contributed by atoms with E-state index in [1.165, 1.54) is 7.05 Å². The van der Waals surface area contributed by atoms with Gasteiger partial charge in [-0.05, 0) is 19.2 Å². The van der Waals surface area contributed by atoms with Gasteiger partial charge < -0.3 is 10.5 Å². The molecule has 0 fully saturated rings. The molecule has 0 aliphatic carbocycles. The average Bonchev–Trinajstić information content (AvgIpc) is 2.32. The summed E-state index contributed by atoms with van der Waals surface area (Å²) >= 11 is 0. The van der Waals surface area contributed by atoms with E-state index in [-0.39, 0.29) is 6.02 Å². The first kappa shape index (κ1) is 12.9. The van der Waals surface area contributed by atoms with E-state index >= 15 is 0 Å². The minimum atomic E-state index is 0.189. The third-order valence-corrected chi connectivity index (χ3v) is 1.32. The Balaban J connectivity index is 0.000000921. The van der Waals surface area contributed by atoms with Crippen LogP contribution in [0.15, 0.2) is 35.3 Å². The number of nitrogens with zero attached hydrogens (tertiary/aromatic N) is 2. The maximum Gasteiger partial charge on any atom is 0.303 e. The highest BCUT2D eigenvalue weighted by Crippen LogP contribution is 2.07. The van der Waals surface area contributed by atoms with Crippen LogP contribution in [0.1, 0.15) is 0 Å². The van der Waals surface area contributed by atoms with E-state index < -0.39 is 0 Å². The number of nitrogens with two attached hydrogens (primary N) is 1. The van der Waals surface area contributed by atoms with Crippen LogP contribution in [0.3, 0.4) is 0 Å². The summed E-state index contributed by atoms with van der Waals surface area (Å²) in [7, 11) is 3.04. The summed E-state index contributed by atoms with van der Waals surface area (Å²) in [5, 5.41) is 10.6. The maximum absolute atomic E-state index is 8.32. The lowest BCUT2D eigenvalue weighted by molar-refractivity contribution is 0.529. The van der Waals surface area contributed by atoms with Crippen LogP contribution in [0.2, 0.25) is 0 Å². The highest BCUT2D eigenvalue weighted by Gasteiger charge is 1.98. The van der Waals surface area contributed by atoms with Crippen LogP contribution in [0.4, 0.5) is 0 Å². The van der Waals surface area contributed by atoms with Crippen LogP contribution < -0.4 is 15.8 Å². The van der Waals surface area contributed by atoms with Gasteiger partial charge in [0.2, 0.25) is 0 Å². The summed E-state index contributed by atoms with van der Waals surface area (Å²) in [6.07, 6.45) is 1.73. The van der Waals surface area contributed by atoms with Gasteiger partial charge in [0.15, 0.2) is 6.19 Å². The molecule has 1 aromatic rings. The summed E-state index contributed by atoms with van der Waals surface area (Å²) in [4.78, 5) is 3.73. The van der Waals surface area contributed by atoms with Gasteiger partial charge in [-0.2, -0.15) is 5.26 Å². The summed E-state index contributed by atoms with van der Waals surface area (Å²) in [6.45, 7) is 0. The zero-order valence-electron chi connectivity index (χ0n) is 8.77. The average molecular weight is 206 g/mol. The highest BCUT2D eigenvalue weighted by molar-refractivity contribution is 5.77. The zero-order valence-corrected chi connectivity index (χ0v) is 8.77. The molecule has 0 unspecified atom stereocenters. The van der Waals surface area contributed by atoms with Crippen molar-refractivity contribution in [2.75, 3.05) is 14.1 Å². The number of para-hydroxylation sites is 1. The SMILES string of the molecule is CN.CN=C(NC#N)Oc1ccccc1. The predicted molar refractivity (Wildman–Crippen MR) is 59.3 cm³/mol. The molecule has 0 atom stereocenters. The van der Waals surface area contributed by atoms with E-state index in [0.29, 0.717) is 5.75 Å². The van der Waals surface area contributed by atoms with Gasteiger partial charge in [0, 0.05) is 7.05 Å². The lowest BCUT2D eigenvalue weighted by Crippen LogP contribution is -2.23. The molecule has 0 aliphatic rings. The molecule has 0 radical (unpaired) electrons. The van der Waals surface area contributed by atoms with E-state index in [4.69, 9.17) is 10.00 Å². The van der Waals surface area contributed by atoms with Crippen molar-refractivity contribution in [3.8, 4) is 11.9 Å². The van der Waals surface area contributed by atoms with Crippen LogP contribution in [0.5, 0.6) is 5.75 Å². The summed E-state index contributed by atoms with van der Waals surface area (Å²) in [5.41, 5.74) is 4.50. The number of hydrogen-bond acceptors (Lipinski definition) is 4. The molecule has 0 aromatic heterocycles. The number of benzene rings is 1. The smallest absolute Gasteiger partial charge is 0.303 e. The first-order chi connectivity index (χ1) is 7.36. The number of ether oxygens (including phenoxy) is 1. The molecule has 0 saturated carbocycles. The van der Waals surface area contributed by atoms with Gasteiger partial charge in [0.25, 0.3) is 0 Å². The molecule has 5 heteroatoms. The molecule has 3 N–H and O–H groups in total. The van der Waals surface area contributed by atoms with E-state index in [1.54, 1.807) is 25.4 Å². The van der Waals surface area contributed by atoms with Gasteiger partial charge >= 0.3 is 6.02 Å². The highest BCUT2D eigenvalue weighted by atomic mass is 16.5. The van der Waals surface area contributed by atoms with Gasteiger partial charge in [-0.25, -0.2) is 10.3 Å². The number of amidine groups is 1. The second kappa shape index (κ2) is 8.53. The van der Waals surface area contributed by atoms with Gasteiger partial charge in [-0.3, -0.25) is 0 Å². The molecule has 15 heavy (non-hydrogen) atoms. The van der Waals surface area contributed by atoms with Crippen LogP contribution >= 0.6 is 0 Å². The van der Waals surface area contributed by atoms with Gasteiger partial charge in [0.05, 0.1) is 0 Å². The standard InChI is InChI=1S/C9H9N3O.CH5N/c1-11-9(12-7-10)13-8-5-3-2-4-6-8;1-2/h2-6H,1H3,(H,11,12);2H2,1H3. The molecule has 0 spiro atoms. The van der Waals surface area contributed by atoms with Crippen molar-refractivity contribution in [3.05, 3.63) is 30.3 Å². The lowest BCUT2D eigenvalue weighted by Gasteiger charge is -2.04. The zero-order chi connectivity index (χ0) is 11.5. The molecule has 1 rings (SSSR count). The normalized spacial score (nSPS) is 9.33. The van der Waals surface area contributed by atoms with Crippen molar-refractivity contribution >= 4 is 6.02 Å². The van der Waals surface area contributed by atoms with Crippen molar-refractivity contribution in [3.63, 3.8) is 0 Å². The van der Waals surface area contributed by atoms with Crippen LogP contribution in [0, 0.1) is 11.5 Å². The second-order valence-electron chi connectivity index (χ2n) is 2.18. The Labute approximate surface area is 89.2 Å². The monoisotopic (exact) mass is 206 g/mol. The van der Waals surface area contributed by atoms with Gasteiger partial charge in [0.1, 0.15) is 5.75 Å². The Kier molecular flexibility index (Phi) is 7.36. The largest absolute Gasteiger partial charge is 0.425 e. The van der Waals surface area contributed by atoms with E-state index in [1.807, 2.05) is 18.2 Å². The molecular weight excluding hydrogens is 192 g/mol. The van der Waals surface area contributed by atoms with Crippen molar-refractivity contribution < 1.29 is 4.74 Å². The van der Waals surface area contributed by atoms with Crippen LogP contribution in [-0.2, 0) is 0 Å². The maximum atomic E-state index is 8.32. The number of rotatable bonds is 1. The molecule has 0 amide bonds. The summed E-state index contributed by atoms with van der Waals surface area (Å²) in [6, 6.07) is 9.32. The topological polar surface area (TPSA) is 83.4 Å². The molecule has 80 valence electrons. The Hall–Kier alpha value is -2.06. The summed E-state index contributed by atoms with van der Waals surface area (Å²) < 4.78 is 5.22. The number of nitrogens with one attached hydrogen (secondary N) is 1. The second-order valence-corrected chi connectivity index (χ2v) is 2.18. The van der Waals surface area contributed by atoms with E-state index in [2.05, 4.69) is 16.0 Å². The van der Waals surface area contributed by atoms with Crippen LogP contribution in [0.25, 0.3) is 0 Å². The molecule has 0 bridgehead atoms. The lowest BCUT2D eigenvalue weighted by atomic mass is 10.3. The Bertz CT molecular complexity index is 329. The van der Waals surface area contributed by atoms with Crippen molar-refractivity contribution in [2.45, 2.75) is 0 Å². The Morgan fingerprint density at radius 1 is 1.40 bits per heavy atom. The molecule has 0 saturated heterocycles. The van der Waals surface area contributed by atoms with Crippen LogP contribution in [-0.4, -0.2) is 20.1 Å². The Morgan fingerprint density at radius 3 is 2.47 bits per heavy atom. The van der Waals surface area contributed by atoms with E-state index in [9.17, 15) is 0 Å². The fourth-order valence-electron chi connectivity index (χ4n) is 0.775. The third kappa shape index (κ3) is 5.29. The molecule has 0 aliphatic heterocycles. The fourth-order valence-corrected chi connectivity index (χ4v) is 0.775. The number of nitriles is 1. The van der Waals surface area contributed by atoms with Crippen molar-refractivity contribution in [1.29, 1.82) is 5.26 Å². The summed E-state index contributed by atoms with van der Waals surface area (Å²) in [5.74, 6) is 0.644. The fraction of sp³-hybridized carbons (Fsp3) is 0.200.